The Labute approximate surface area is 422 Å². The van der Waals surface area contributed by atoms with E-state index in [-0.39, 0.29) is 23.5 Å². The van der Waals surface area contributed by atoms with E-state index in [1.165, 1.54) is 49.8 Å². The molecule has 0 N–H and O–H groups in total. The molecule has 10 aromatic carbocycles. The van der Waals surface area contributed by atoms with Gasteiger partial charge >= 0.3 is 0 Å². The Bertz CT molecular complexity index is 3730. The average molecular weight is 928 g/mol. The number of fused-ring (bicyclic) bond motifs is 7. The first kappa shape index (κ1) is 42.5. The number of hydrogen-bond donors (Lipinski definition) is 0. The number of nitrogens with zero attached hydrogens (tertiary/aromatic N) is 3. The molecule has 3 nitrogen and oxygen atoms in total. The second-order valence-electron chi connectivity index (χ2n) is 20.6. The van der Waals surface area contributed by atoms with Gasteiger partial charge in [0.05, 0.1) is 5.54 Å². The van der Waals surface area contributed by atoms with Crippen LogP contribution < -0.4 is 31.1 Å². The second-order valence-corrected chi connectivity index (χ2v) is 20.6. The summed E-state index contributed by atoms with van der Waals surface area (Å²) in [4.78, 5) is 7.67. The maximum absolute atomic E-state index is 15.5. The van der Waals surface area contributed by atoms with Gasteiger partial charge in [-0.05, 0) is 153 Å². The molecular weight excluding hydrogens is 877 g/mol. The smallest absolute Gasteiger partial charge is 0.252 e. The molecule has 0 radical (unpaired) electrons. The molecule has 2 unspecified atom stereocenters. The van der Waals surface area contributed by atoms with Gasteiger partial charge in [-0.2, -0.15) is 0 Å². The Hall–Kier alpha value is -8.41. The summed E-state index contributed by atoms with van der Waals surface area (Å²) in [5.41, 5.74) is 22.7. The minimum absolute atomic E-state index is 0.108. The van der Waals surface area contributed by atoms with Gasteiger partial charge in [0.25, 0.3) is 6.71 Å². The van der Waals surface area contributed by atoms with Crippen LogP contribution in [0.25, 0.3) is 44.5 Å². The van der Waals surface area contributed by atoms with Crippen LogP contribution in [0, 0.1) is 5.82 Å². The summed E-state index contributed by atoms with van der Waals surface area (Å²) in [5.74, 6) is -0.179. The van der Waals surface area contributed by atoms with Crippen molar-refractivity contribution in [2.24, 2.45) is 0 Å². The van der Waals surface area contributed by atoms with Crippen molar-refractivity contribution < 1.29 is 4.39 Å². The molecule has 4 aliphatic rings. The van der Waals surface area contributed by atoms with E-state index >= 15 is 4.39 Å². The minimum Gasteiger partial charge on any atom is -0.334 e. The average Bonchev–Trinajstić information content (AvgIpc) is 3.85. The van der Waals surface area contributed by atoms with Gasteiger partial charge in [-0.25, -0.2) is 4.39 Å². The summed E-state index contributed by atoms with van der Waals surface area (Å²) in [6, 6.07) is 85.9. The Morgan fingerprint density at radius 1 is 0.375 bits per heavy atom. The topological polar surface area (TPSA) is 9.72 Å². The fraction of sp³-hybridized carbons (Fsp3) is 0.104. The first-order valence-electron chi connectivity index (χ1n) is 25.4. The zero-order valence-corrected chi connectivity index (χ0v) is 40.4. The van der Waals surface area contributed by atoms with Crippen LogP contribution in [0.4, 0.5) is 49.9 Å². The quantitative estimate of drug-likeness (QED) is 0.148. The summed E-state index contributed by atoms with van der Waals surface area (Å²) in [7, 11) is 0. The monoisotopic (exact) mass is 927 g/mol. The molecule has 3 heterocycles. The zero-order chi connectivity index (χ0) is 48.1. The SMILES string of the molecule is CC12CCCC1(C)N(c1cc3c4c(c1)N(c1cccc(-c5ccccc5)c1)c1cc(-c5ccccc5)ccc1B4c1cc(-c4ccccc4)ccc1N3c1ccc(-c3ccccc3)cc1)c1ccc(F)cc12. The highest BCUT2D eigenvalue weighted by Gasteiger charge is 2.60. The molecule has 1 aliphatic carbocycles. The number of rotatable bonds is 7. The minimum atomic E-state index is -0.298. The van der Waals surface area contributed by atoms with E-state index in [0.717, 1.165) is 81.5 Å². The van der Waals surface area contributed by atoms with Gasteiger partial charge in [0, 0.05) is 50.9 Å². The zero-order valence-electron chi connectivity index (χ0n) is 40.4. The van der Waals surface area contributed by atoms with Crippen LogP contribution in [0.2, 0.25) is 0 Å². The third-order valence-corrected chi connectivity index (χ3v) is 16.8. The molecule has 10 aromatic rings. The molecule has 344 valence electrons. The lowest BCUT2D eigenvalue weighted by Gasteiger charge is -2.47. The third-order valence-electron chi connectivity index (χ3n) is 16.8. The molecule has 1 saturated carbocycles. The molecule has 14 rings (SSSR count). The molecule has 72 heavy (non-hydrogen) atoms. The Morgan fingerprint density at radius 3 is 1.53 bits per heavy atom. The lowest BCUT2D eigenvalue weighted by atomic mass is 9.33. The maximum atomic E-state index is 15.5. The van der Waals surface area contributed by atoms with Gasteiger partial charge in [0.2, 0.25) is 0 Å². The van der Waals surface area contributed by atoms with Gasteiger partial charge in [-0.1, -0.05) is 183 Å². The van der Waals surface area contributed by atoms with Crippen LogP contribution in [0.3, 0.4) is 0 Å². The standard InChI is InChI=1S/C67H51BFN3/c1-66-37-16-38-67(66,2)72(60-36-31-53(69)42-57(60)66)56-43-63-65-64(44-56)71(55-26-15-25-50(39-55)46-19-9-4-10-20-46)62-41-52(48-23-13-6-14-24-48)29-34-58(62)68(65)59-40-51(47-21-11-5-12-22-47)30-35-61(59)70(63)54-32-27-49(28-33-54)45-17-7-3-8-18-45/h3-15,17-36,39-44H,16,37-38H2,1-2H3. The van der Waals surface area contributed by atoms with E-state index < -0.39 is 0 Å². The van der Waals surface area contributed by atoms with E-state index in [4.69, 9.17) is 0 Å². The highest BCUT2D eigenvalue weighted by molar-refractivity contribution is 7.00. The maximum Gasteiger partial charge on any atom is 0.252 e. The third kappa shape index (κ3) is 6.43. The van der Waals surface area contributed by atoms with E-state index in [1.807, 2.05) is 12.1 Å². The summed E-state index contributed by atoms with van der Waals surface area (Å²) in [6.45, 7) is 4.69. The van der Waals surface area contributed by atoms with Gasteiger partial charge in [-0.3, -0.25) is 0 Å². The lowest BCUT2D eigenvalue weighted by Crippen LogP contribution is -2.61. The second kappa shape index (κ2) is 16.3. The molecule has 3 aliphatic heterocycles. The highest BCUT2D eigenvalue weighted by atomic mass is 19.1. The number of hydrogen-bond acceptors (Lipinski definition) is 3. The number of benzene rings is 10. The van der Waals surface area contributed by atoms with E-state index in [2.05, 4.69) is 247 Å². The fourth-order valence-electron chi connectivity index (χ4n) is 13.1. The van der Waals surface area contributed by atoms with E-state index in [1.54, 1.807) is 6.07 Å². The summed E-state index contributed by atoms with van der Waals surface area (Å²) >= 11 is 0. The molecule has 2 atom stereocenters. The molecule has 0 bridgehead atoms. The predicted molar refractivity (Wildman–Crippen MR) is 300 cm³/mol. The van der Waals surface area contributed by atoms with Crippen LogP contribution in [-0.4, -0.2) is 12.3 Å². The van der Waals surface area contributed by atoms with Crippen molar-refractivity contribution >= 4 is 68.6 Å². The van der Waals surface area contributed by atoms with Crippen LogP contribution in [0.5, 0.6) is 0 Å². The summed E-state index contributed by atoms with van der Waals surface area (Å²) in [6.07, 6.45) is 3.07. The fourth-order valence-corrected chi connectivity index (χ4v) is 13.1. The van der Waals surface area contributed by atoms with Crippen LogP contribution in [-0.2, 0) is 5.41 Å². The van der Waals surface area contributed by atoms with Crippen molar-refractivity contribution in [2.45, 2.75) is 44.1 Å². The first-order chi connectivity index (χ1) is 35.3. The van der Waals surface area contributed by atoms with Crippen molar-refractivity contribution in [2.75, 3.05) is 14.7 Å². The van der Waals surface area contributed by atoms with Crippen molar-refractivity contribution in [1.82, 2.24) is 0 Å². The Balaban J connectivity index is 1.09. The highest BCUT2D eigenvalue weighted by Crippen LogP contribution is 2.63. The van der Waals surface area contributed by atoms with Gasteiger partial charge < -0.3 is 14.7 Å². The van der Waals surface area contributed by atoms with Crippen LogP contribution >= 0.6 is 0 Å². The lowest BCUT2D eigenvalue weighted by molar-refractivity contribution is 0.330. The number of halogens is 1. The molecule has 0 aromatic heterocycles. The van der Waals surface area contributed by atoms with Crippen molar-refractivity contribution in [3.8, 4) is 44.5 Å². The summed E-state index contributed by atoms with van der Waals surface area (Å²) < 4.78 is 15.5. The van der Waals surface area contributed by atoms with Crippen LogP contribution in [0.1, 0.15) is 38.7 Å². The van der Waals surface area contributed by atoms with Gasteiger partial charge in [0.1, 0.15) is 5.82 Å². The molecule has 0 saturated heterocycles. The predicted octanol–water partition coefficient (Wildman–Crippen LogP) is 15.9. The molecule has 0 spiro atoms. The van der Waals surface area contributed by atoms with Crippen molar-refractivity contribution in [1.29, 1.82) is 0 Å². The van der Waals surface area contributed by atoms with Gasteiger partial charge in [-0.15, -0.1) is 0 Å². The molecular formula is C67H51BFN3. The van der Waals surface area contributed by atoms with Gasteiger partial charge in [0.15, 0.2) is 0 Å². The normalized spacial score (nSPS) is 18.0. The van der Waals surface area contributed by atoms with Crippen molar-refractivity contribution in [3.63, 3.8) is 0 Å². The Morgan fingerprint density at radius 2 is 0.889 bits per heavy atom. The Kier molecular flexibility index (Phi) is 9.63. The molecule has 5 heteroatoms. The molecule has 1 fully saturated rings. The van der Waals surface area contributed by atoms with Crippen LogP contribution in [0.15, 0.2) is 237 Å². The van der Waals surface area contributed by atoms with E-state index in [0.29, 0.717) is 0 Å². The van der Waals surface area contributed by atoms with Crippen molar-refractivity contribution in [3.05, 3.63) is 248 Å². The summed E-state index contributed by atoms with van der Waals surface area (Å²) in [5, 5.41) is 0. The van der Waals surface area contributed by atoms with E-state index in [9.17, 15) is 0 Å². The number of anilines is 8. The molecule has 0 amide bonds. The largest absolute Gasteiger partial charge is 0.334 e. The first-order valence-corrected chi connectivity index (χ1v) is 25.4.